The fourth-order valence-corrected chi connectivity index (χ4v) is 2.71. The minimum absolute atomic E-state index is 0.0254. The molecular weight excluding hydrogens is 322 g/mol. The standard InChI is InChI=1S/C16H23N7O2/c1-22(2)15-7-14(18-10-19-15)20-13-9-25-6-3-12(13)21-16(24)8-23-5-4-17-11-23/h4-5,7,10-13H,3,6,8-9H2,1-2H3,(H,21,24)(H,18,19,20)/t12-,13+/m0/s1. The topological polar surface area (TPSA) is 97.2 Å². The van der Waals surface area contributed by atoms with Crippen molar-refractivity contribution < 1.29 is 9.53 Å². The number of amides is 1. The van der Waals surface area contributed by atoms with Crippen molar-refractivity contribution in [3.8, 4) is 0 Å². The Hall–Kier alpha value is -2.68. The molecule has 134 valence electrons. The Bertz CT molecular complexity index is 690. The summed E-state index contributed by atoms with van der Waals surface area (Å²) in [6.07, 6.45) is 7.32. The highest BCUT2D eigenvalue weighted by molar-refractivity contribution is 5.76. The lowest BCUT2D eigenvalue weighted by Gasteiger charge is -2.33. The summed E-state index contributed by atoms with van der Waals surface area (Å²) < 4.78 is 7.31. The van der Waals surface area contributed by atoms with Gasteiger partial charge in [-0.25, -0.2) is 15.0 Å². The molecule has 0 radical (unpaired) electrons. The molecule has 0 saturated carbocycles. The van der Waals surface area contributed by atoms with E-state index in [4.69, 9.17) is 4.74 Å². The van der Waals surface area contributed by atoms with Crippen LogP contribution in [0.25, 0.3) is 0 Å². The summed E-state index contributed by atoms with van der Waals surface area (Å²) in [5, 5.41) is 6.43. The molecule has 1 saturated heterocycles. The molecule has 3 rings (SSSR count). The van der Waals surface area contributed by atoms with Gasteiger partial charge in [0, 0.05) is 39.2 Å². The summed E-state index contributed by atoms with van der Waals surface area (Å²) >= 11 is 0. The third-order valence-electron chi connectivity index (χ3n) is 4.03. The number of anilines is 2. The van der Waals surface area contributed by atoms with Gasteiger partial charge in [-0.15, -0.1) is 0 Å². The normalized spacial score (nSPS) is 20.1. The average Bonchev–Trinajstić information content (AvgIpc) is 3.10. The first-order valence-corrected chi connectivity index (χ1v) is 8.20. The van der Waals surface area contributed by atoms with Crippen LogP contribution in [0.1, 0.15) is 6.42 Å². The predicted octanol–water partition coefficient (Wildman–Crippen LogP) is 0.125. The highest BCUT2D eigenvalue weighted by atomic mass is 16.5. The molecule has 0 bridgehead atoms. The van der Waals surface area contributed by atoms with Gasteiger partial charge in [0.25, 0.3) is 0 Å². The molecule has 1 fully saturated rings. The van der Waals surface area contributed by atoms with Gasteiger partial charge in [0.15, 0.2) is 0 Å². The van der Waals surface area contributed by atoms with Crippen LogP contribution < -0.4 is 15.5 Å². The SMILES string of the molecule is CN(C)c1cc(N[C@@H]2COCC[C@@H]2NC(=O)Cn2ccnc2)ncn1. The van der Waals surface area contributed by atoms with Crippen molar-refractivity contribution in [1.29, 1.82) is 0 Å². The van der Waals surface area contributed by atoms with E-state index >= 15 is 0 Å². The predicted molar refractivity (Wildman–Crippen MR) is 93.4 cm³/mol. The Labute approximate surface area is 146 Å². The summed E-state index contributed by atoms with van der Waals surface area (Å²) in [4.78, 5) is 26.6. The monoisotopic (exact) mass is 345 g/mol. The summed E-state index contributed by atoms with van der Waals surface area (Å²) in [6.45, 7) is 1.39. The molecule has 0 aliphatic carbocycles. The van der Waals surface area contributed by atoms with Crippen molar-refractivity contribution in [1.82, 2.24) is 24.8 Å². The zero-order valence-electron chi connectivity index (χ0n) is 14.4. The lowest BCUT2D eigenvalue weighted by atomic mass is 10.0. The maximum atomic E-state index is 12.3. The van der Waals surface area contributed by atoms with Crippen LogP contribution >= 0.6 is 0 Å². The highest BCUT2D eigenvalue weighted by Crippen LogP contribution is 2.16. The lowest BCUT2D eigenvalue weighted by molar-refractivity contribution is -0.123. The number of ether oxygens (including phenoxy) is 1. The van der Waals surface area contributed by atoms with Crippen LogP contribution in [-0.2, 0) is 16.1 Å². The molecule has 2 atom stereocenters. The third-order valence-corrected chi connectivity index (χ3v) is 4.03. The maximum absolute atomic E-state index is 12.3. The van der Waals surface area contributed by atoms with Crippen LogP contribution in [0.5, 0.6) is 0 Å². The van der Waals surface area contributed by atoms with Crippen molar-refractivity contribution in [2.45, 2.75) is 25.0 Å². The van der Waals surface area contributed by atoms with Gasteiger partial charge < -0.3 is 24.8 Å². The van der Waals surface area contributed by atoms with Crippen LogP contribution in [-0.4, -0.2) is 64.8 Å². The number of aromatic nitrogens is 4. The molecule has 0 aromatic carbocycles. The fraction of sp³-hybridized carbons (Fsp3) is 0.500. The van der Waals surface area contributed by atoms with Crippen molar-refractivity contribution in [3.05, 3.63) is 31.1 Å². The molecule has 9 nitrogen and oxygen atoms in total. The minimum atomic E-state index is -0.0506. The van der Waals surface area contributed by atoms with E-state index in [2.05, 4.69) is 25.6 Å². The molecule has 1 amide bonds. The third kappa shape index (κ3) is 4.66. The van der Waals surface area contributed by atoms with Gasteiger partial charge in [-0.05, 0) is 6.42 Å². The molecule has 0 spiro atoms. The molecule has 1 aliphatic heterocycles. The van der Waals surface area contributed by atoms with Crippen LogP contribution in [0.2, 0.25) is 0 Å². The quantitative estimate of drug-likeness (QED) is 0.768. The molecule has 9 heteroatoms. The van der Waals surface area contributed by atoms with Crippen LogP contribution in [0, 0.1) is 0 Å². The van der Waals surface area contributed by atoms with E-state index in [1.807, 2.05) is 25.1 Å². The van der Waals surface area contributed by atoms with Crippen molar-refractivity contribution in [2.75, 3.05) is 37.5 Å². The lowest BCUT2D eigenvalue weighted by Crippen LogP contribution is -2.52. The highest BCUT2D eigenvalue weighted by Gasteiger charge is 2.27. The number of hydrogen-bond donors (Lipinski definition) is 2. The Balaban J connectivity index is 1.62. The summed E-state index contributed by atoms with van der Waals surface area (Å²) in [5.74, 6) is 1.48. The van der Waals surface area contributed by atoms with Crippen LogP contribution in [0.15, 0.2) is 31.1 Å². The fourth-order valence-electron chi connectivity index (χ4n) is 2.71. The van der Waals surface area contributed by atoms with Gasteiger partial charge >= 0.3 is 0 Å². The molecule has 25 heavy (non-hydrogen) atoms. The molecule has 3 heterocycles. The summed E-state index contributed by atoms with van der Waals surface area (Å²) in [7, 11) is 3.85. The molecule has 2 N–H and O–H groups in total. The molecular formula is C16H23N7O2. The van der Waals surface area contributed by atoms with E-state index < -0.39 is 0 Å². The molecule has 2 aromatic heterocycles. The second kappa shape index (κ2) is 7.93. The summed E-state index contributed by atoms with van der Waals surface area (Å²) in [5.41, 5.74) is 0. The average molecular weight is 345 g/mol. The zero-order chi connectivity index (χ0) is 17.6. The van der Waals surface area contributed by atoms with Gasteiger partial charge in [0.2, 0.25) is 5.91 Å². The molecule has 2 aromatic rings. The largest absolute Gasteiger partial charge is 0.379 e. The molecule has 0 unspecified atom stereocenters. The van der Waals surface area contributed by atoms with E-state index in [-0.39, 0.29) is 24.5 Å². The number of carbonyl (C=O) groups excluding carboxylic acids is 1. The van der Waals surface area contributed by atoms with Crippen molar-refractivity contribution in [2.24, 2.45) is 0 Å². The van der Waals surface area contributed by atoms with Gasteiger partial charge in [-0.2, -0.15) is 0 Å². The first kappa shape index (κ1) is 17.2. The smallest absolute Gasteiger partial charge is 0.240 e. The molecule has 1 aliphatic rings. The second-order valence-corrected chi connectivity index (χ2v) is 6.18. The Kier molecular flexibility index (Phi) is 5.44. The van der Waals surface area contributed by atoms with Gasteiger partial charge in [0.05, 0.1) is 25.0 Å². The number of carbonyl (C=O) groups is 1. The number of imidazole rings is 1. The second-order valence-electron chi connectivity index (χ2n) is 6.18. The van der Waals surface area contributed by atoms with Crippen LogP contribution in [0.3, 0.4) is 0 Å². The first-order valence-electron chi connectivity index (χ1n) is 8.20. The van der Waals surface area contributed by atoms with E-state index in [1.54, 1.807) is 23.3 Å². The van der Waals surface area contributed by atoms with E-state index in [9.17, 15) is 4.79 Å². The number of hydrogen-bond acceptors (Lipinski definition) is 7. The zero-order valence-corrected chi connectivity index (χ0v) is 14.4. The number of rotatable bonds is 6. The van der Waals surface area contributed by atoms with Gasteiger partial charge in [-0.3, -0.25) is 4.79 Å². The van der Waals surface area contributed by atoms with Gasteiger partial charge in [-0.1, -0.05) is 0 Å². The number of nitrogens with one attached hydrogen (secondary N) is 2. The van der Waals surface area contributed by atoms with Gasteiger partial charge in [0.1, 0.15) is 24.5 Å². The maximum Gasteiger partial charge on any atom is 0.240 e. The van der Waals surface area contributed by atoms with E-state index in [0.29, 0.717) is 19.0 Å². The van der Waals surface area contributed by atoms with Crippen molar-refractivity contribution >= 4 is 17.5 Å². The Morgan fingerprint density at radius 3 is 3.04 bits per heavy atom. The van der Waals surface area contributed by atoms with Crippen LogP contribution in [0.4, 0.5) is 11.6 Å². The minimum Gasteiger partial charge on any atom is -0.379 e. The Morgan fingerprint density at radius 1 is 1.40 bits per heavy atom. The Morgan fingerprint density at radius 2 is 2.28 bits per heavy atom. The first-order chi connectivity index (χ1) is 12.1. The summed E-state index contributed by atoms with van der Waals surface area (Å²) in [6, 6.07) is 1.80. The van der Waals surface area contributed by atoms with Crippen molar-refractivity contribution in [3.63, 3.8) is 0 Å². The van der Waals surface area contributed by atoms with E-state index in [0.717, 1.165) is 12.2 Å². The number of nitrogens with zero attached hydrogens (tertiary/aromatic N) is 5. The van der Waals surface area contributed by atoms with E-state index in [1.165, 1.54) is 6.33 Å².